The van der Waals surface area contributed by atoms with Crippen molar-refractivity contribution < 1.29 is 0 Å². The van der Waals surface area contributed by atoms with E-state index in [1.807, 2.05) is 24.3 Å². The molecule has 1 aromatic rings. The van der Waals surface area contributed by atoms with E-state index in [0.717, 1.165) is 10.4 Å². The lowest BCUT2D eigenvalue weighted by Crippen LogP contribution is -2.09. The highest BCUT2D eigenvalue weighted by molar-refractivity contribution is 5.24. The third-order valence-corrected chi connectivity index (χ3v) is 1.32. The summed E-state index contributed by atoms with van der Waals surface area (Å²) in [4.78, 5) is 0. The molecule has 0 atom stereocenters. The van der Waals surface area contributed by atoms with Gasteiger partial charge in [0.2, 0.25) is 0 Å². The Morgan fingerprint density at radius 1 is 0.800 bits per heavy atom. The second kappa shape index (κ2) is 2.92. The topological polar surface area (TPSA) is 52.0 Å². The number of rotatable bonds is 0. The van der Waals surface area contributed by atoms with Crippen molar-refractivity contribution in [3.05, 3.63) is 34.7 Å². The molecule has 0 heterocycles. The van der Waals surface area contributed by atoms with Crippen LogP contribution in [-0.4, -0.2) is 0 Å². The lowest BCUT2D eigenvalue weighted by atomic mass is 10.3. The first kappa shape index (κ1) is 6.68. The predicted molar refractivity (Wildman–Crippen MR) is 43.0 cm³/mol. The van der Waals surface area contributed by atoms with Crippen LogP contribution in [0.5, 0.6) is 0 Å². The van der Waals surface area contributed by atoms with Crippen molar-refractivity contribution in [1.29, 1.82) is 0 Å². The van der Waals surface area contributed by atoms with Gasteiger partial charge in [0, 0.05) is 12.4 Å². The number of benzene rings is 1. The Balaban J connectivity index is 3.28. The van der Waals surface area contributed by atoms with Gasteiger partial charge in [-0.2, -0.15) is 0 Å². The highest BCUT2D eigenvalue weighted by Gasteiger charge is 1.75. The molecule has 2 heteroatoms. The van der Waals surface area contributed by atoms with Crippen LogP contribution in [0.4, 0.5) is 0 Å². The molecule has 0 spiro atoms. The van der Waals surface area contributed by atoms with Gasteiger partial charge in [0.05, 0.1) is 0 Å². The van der Waals surface area contributed by atoms with Crippen molar-refractivity contribution in [2.24, 2.45) is 11.5 Å². The Morgan fingerprint density at radius 2 is 1.10 bits per heavy atom. The van der Waals surface area contributed by atoms with Gasteiger partial charge >= 0.3 is 0 Å². The summed E-state index contributed by atoms with van der Waals surface area (Å²) in [7, 11) is 0. The summed E-state index contributed by atoms with van der Waals surface area (Å²) in [6, 6.07) is 7.66. The van der Waals surface area contributed by atoms with Crippen molar-refractivity contribution in [2.75, 3.05) is 0 Å². The molecule has 10 heavy (non-hydrogen) atoms. The summed E-state index contributed by atoms with van der Waals surface area (Å²) >= 11 is 0. The average Bonchev–Trinajstić information content (AvgIpc) is 2.05. The molecule has 0 amide bonds. The summed E-state index contributed by atoms with van der Waals surface area (Å²) in [6.45, 7) is 0. The van der Waals surface area contributed by atoms with Gasteiger partial charge in [0.1, 0.15) is 0 Å². The van der Waals surface area contributed by atoms with Crippen molar-refractivity contribution in [3.63, 3.8) is 0 Å². The van der Waals surface area contributed by atoms with E-state index in [4.69, 9.17) is 11.5 Å². The maximum Gasteiger partial charge on any atom is 0.00115 e. The molecule has 0 aliphatic carbocycles. The predicted octanol–water partition coefficient (Wildman–Crippen LogP) is -0.920. The summed E-state index contributed by atoms with van der Waals surface area (Å²) in [6.07, 6.45) is 3.11. The molecular weight excluding hydrogens is 124 g/mol. The summed E-state index contributed by atoms with van der Waals surface area (Å²) in [5, 5.41) is 2.01. The quantitative estimate of drug-likeness (QED) is 0.482. The average molecular weight is 134 g/mol. The van der Waals surface area contributed by atoms with E-state index in [1.54, 1.807) is 12.4 Å². The fourth-order valence-corrected chi connectivity index (χ4v) is 0.718. The first-order valence-electron chi connectivity index (χ1n) is 3.07. The second-order valence-electron chi connectivity index (χ2n) is 2.00. The van der Waals surface area contributed by atoms with Gasteiger partial charge in [-0.05, 0) is 10.4 Å². The molecule has 0 saturated heterocycles. The van der Waals surface area contributed by atoms with E-state index in [0.29, 0.717) is 0 Å². The third-order valence-electron chi connectivity index (χ3n) is 1.32. The third kappa shape index (κ3) is 1.29. The molecule has 0 bridgehead atoms. The molecule has 1 aromatic carbocycles. The lowest BCUT2D eigenvalue weighted by molar-refractivity contribution is 1.50. The minimum absolute atomic E-state index is 1.01. The molecule has 4 N–H and O–H groups in total. The van der Waals surface area contributed by atoms with E-state index in [2.05, 4.69) is 0 Å². The van der Waals surface area contributed by atoms with Crippen LogP contribution in [0.2, 0.25) is 0 Å². The van der Waals surface area contributed by atoms with Crippen LogP contribution in [0.1, 0.15) is 0 Å². The molecule has 0 saturated carbocycles. The van der Waals surface area contributed by atoms with Crippen molar-refractivity contribution in [2.45, 2.75) is 0 Å². The Kier molecular flexibility index (Phi) is 1.95. The lowest BCUT2D eigenvalue weighted by Gasteiger charge is -1.83. The SMILES string of the molecule is NC=c1ccc(=CN)cc1. The second-order valence-corrected chi connectivity index (χ2v) is 2.00. The van der Waals surface area contributed by atoms with Crippen molar-refractivity contribution >= 4 is 12.4 Å². The van der Waals surface area contributed by atoms with Gasteiger partial charge in [-0.15, -0.1) is 0 Å². The first-order valence-corrected chi connectivity index (χ1v) is 3.07. The van der Waals surface area contributed by atoms with E-state index in [9.17, 15) is 0 Å². The van der Waals surface area contributed by atoms with Crippen LogP contribution in [0.15, 0.2) is 24.3 Å². The summed E-state index contributed by atoms with van der Waals surface area (Å²) < 4.78 is 0. The zero-order chi connectivity index (χ0) is 7.40. The standard InChI is InChI=1S/C8H10N2/c9-5-7-1-2-8(6-10)4-3-7/h1-6H,9-10H2. The van der Waals surface area contributed by atoms with Gasteiger partial charge in [0.25, 0.3) is 0 Å². The molecule has 0 aliphatic rings. The maximum absolute atomic E-state index is 5.27. The fourth-order valence-electron chi connectivity index (χ4n) is 0.718. The monoisotopic (exact) mass is 134 g/mol. The molecule has 0 unspecified atom stereocenters. The van der Waals surface area contributed by atoms with Crippen LogP contribution < -0.4 is 21.9 Å². The molecule has 52 valence electrons. The van der Waals surface area contributed by atoms with Crippen LogP contribution in [0.3, 0.4) is 0 Å². The number of hydrogen-bond acceptors (Lipinski definition) is 2. The Morgan fingerprint density at radius 3 is 1.30 bits per heavy atom. The van der Waals surface area contributed by atoms with Crippen molar-refractivity contribution in [3.8, 4) is 0 Å². The highest BCUT2D eigenvalue weighted by Crippen LogP contribution is 1.66. The first-order chi connectivity index (χ1) is 4.86. The molecule has 0 aromatic heterocycles. The van der Waals surface area contributed by atoms with Crippen LogP contribution in [0, 0.1) is 0 Å². The molecular formula is C8H10N2. The highest BCUT2D eigenvalue weighted by atomic mass is 14.5. The molecule has 0 radical (unpaired) electrons. The zero-order valence-electron chi connectivity index (χ0n) is 5.62. The fraction of sp³-hybridized carbons (Fsp3) is 0. The maximum atomic E-state index is 5.27. The van der Waals surface area contributed by atoms with Crippen LogP contribution in [0.25, 0.3) is 12.4 Å². The van der Waals surface area contributed by atoms with Crippen LogP contribution >= 0.6 is 0 Å². The van der Waals surface area contributed by atoms with Gasteiger partial charge in [-0.3, -0.25) is 0 Å². The zero-order valence-corrected chi connectivity index (χ0v) is 5.62. The van der Waals surface area contributed by atoms with Crippen LogP contribution in [-0.2, 0) is 0 Å². The van der Waals surface area contributed by atoms with E-state index in [1.165, 1.54) is 0 Å². The van der Waals surface area contributed by atoms with Gasteiger partial charge < -0.3 is 11.5 Å². The normalized spacial score (nSPS) is 8.80. The molecule has 0 aliphatic heterocycles. The Hall–Kier alpha value is -1.44. The molecule has 0 fully saturated rings. The number of nitrogens with two attached hydrogens (primary N) is 2. The van der Waals surface area contributed by atoms with E-state index < -0.39 is 0 Å². The largest absolute Gasteiger partial charge is 0.404 e. The minimum Gasteiger partial charge on any atom is -0.404 e. The van der Waals surface area contributed by atoms with E-state index >= 15 is 0 Å². The van der Waals surface area contributed by atoms with Crippen molar-refractivity contribution in [1.82, 2.24) is 0 Å². The Bertz CT molecular complexity index is 258. The van der Waals surface area contributed by atoms with Gasteiger partial charge in [-0.1, -0.05) is 24.3 Å². The summed E-state index contributed by atoms with van der Waals surface area (Å²) in [5.41, 5.74) is 10.5. The Labute approximate surface area is 59.5 Å². The molecule has 2 nitrogen and oxygen atoms in total. The van der Waals surface area contributed by atoms with Gasteiger partial charge in [0.15, 0.2) is 0 Å². The van der Waals surface area contributed by atoms with Gasteiger partial charge in [-0.25, -0.2) is 0 Å². The summed E-state index contributed by atoms with van der Waals surface area (Å²) in [5.74, 6) is 0. The smallest absolute Gasteiger partial charge is 0.00115 e. The number of hydrogen-bond donors (Lipinski definition) is 2. The minimum atomic E-state index is 1.01. The molecule has 1 rings (SSSR count). The van der Waals surface area contributed by atoms with E-state index in [-0.39, 0.29) is 0 Å².